The maximum absolute atomic E-state index is 12.2. The van der Waals surface area contributed by atoms with E-state index in [4.69, 9.17) is 4.84 Å². The first-order valence-corrected chi connectivity index (χ1v) is 5.99. The second kappa shape index (κ2) is 3.63. The summed E-state index contributed by atoms with van der Waals surface area (Å²) < 4.78 is 0. The van der Waals surface area contributed by atoms with Gasteiger partial charge in [-0.2, -0.15) is 0 Å². The number of amides is 1. The molecule has 0 aromatic rings. The van der Waals surface area contributed by atoms with Crippen molar-refractivity contribution in [2.24, 2.45) is 11.8 Å². The minimum absolute atomic E-state index is 0.214. The molecule has 15 heavy (non-hydrogen) atoms. The van der Waals surface area contributed by atoms with Gasteiger partial charge in [0.05, 0.1) is 12.6 Å². The smallest absolute Gasteiger partial charge is 0.250 e. The second-order valence-corrected chi connectivity index (χ2v) is 4.84. The van der Waals surface area contributed by atoms with Crippen molar-refractivity contribution in [1.82, 2.24) is 5.06 Å². The normalized spacial score (nSPS) is 39.9. The summed E-state index contributed by atoms with van der Waals surface area (Å²) in [6, 6.07) is 0.214. The Morgan fingerprint density at radius 3 is 3.13 bits per heavy atom. The molecular weight excluding hydrogens is 190 g/mol. The van der Waals surface area contributed by atoms with Gasteiger partial charge in [0.15, 0.2) is 0 Å². The molecule has 1 amide bonds. The number of piperidine rings is 1. The maximum atomic E-state index is 12.2. The van der Waals surface area contributed by atoms with Crippen LogP contribution < -0.4 is 0 Å². The van der Waals surface area contributed by atoms with Gasteiger partial charge in [-0.15, -0.1) is 0 Å². The molecule has 2 heterocycles. The molecule has 3 rings (SSSR count). The maximum Gasteiger partial charge on any atom is 0.250 e. The Morgan fingerprint density at radius 2 is 2.20 bits per heavy atom. The molecule has 1 saturated carbocycles. The SMILES string of the molecule is O=C1C2CCCCC2CC2C=CCON12. The summed E-state index contributed by atoms with van der Waals surface area (Å²) >= 11 is 0. The lowest BCUT2D eigenvalue weighted by molar-refractivity contribution is -0.212. The van der Waals surface area contributed by atoms with Gasteiger partial charge in [-0.1, -0.05) is 25.0 Å². The van der Waals surface area contributed by atoms with Crippen molar-refractivity contribution in [3.8, 4) is 0 Å². The van der Waals surface area contributed by atoms with Crippen molar-refractivity contribution in [3.63, 3.8) is 0 Å². The van der Waals surface area contributed by atoms with Gasteiger partial charge in [0.2, 0.25) is 5.91 Å². The highest BCUT2D eigenvalue weighted by Crippen LogP contribution is 2.40. The lowest BCUT2D eigenvalue weighted by Gasteiger charge is -2.44. The van der Waals surface area contributed by atoms with Crippen molar-refractivity contribution in [1.29, 1.82) is 0 Å². The number of fused-ring (bicyclic) bond motifs is 2. The Bertz CT molecular complexity index is 300. The number of hydrogen-bond donors (Lipinski definition) is 0. The Hall–Kier alpha value is -0.830. The van der Waals surface area contributed by atoms with Gasteiger partial charge in [-0.3, -0.25) is 9.63 Å². The molecule has 0 aromatic carbocycles. The van der Waals surface area contributed by atoms with Gasteiger partial charge in [0.1, 0.15) is 0 Å². The second-order valence-electron chi connectivity index (χ2n) is 4.84. The first-order valence-electron chi connectivity index (χ1n) is 5.99. The molecule has 1 aliphatic carbocycles. The molecule has 1 saturated heterocycles. The Labute approximate surface area is 90.0 Å². The zero-order valence-corrected chi connectivity index (χ0v) is 8.89. The van der Waals surface area contributed by atoms with Gasteiger partial charge in [-0.25, -0.2) is 5.06 Å². The number of carbonyl (C=O) groups excluding carboxylic acids is 1. The molecule has 0 bridgehead atoms. The number of nitrogens with zero attached hydrogens (tertiary/aromatic N) is 1. The van der Waals surface area contributed by atoms with E-state index in [2.05, 4.69) is 6.08 Å². The third-order valence-corrected chi connectivity index (χ3v) is 3.96. The van der Waals surface area contributed by atoms with E-state index in [0.717, 1.165) is 12.8 Å². The van der Waals surface area contributed by atoms with Crippen LogP contribution in [-0.4, -0.2) is 23.6 Å². The summed E-state index contributed by atoms with van der Waals surface area (Å²) in [5.41, 5.74) is 0. The first-order chi connectivity index (χ1) is 7.36. The summed E-state index contributed by atoms with van der Waals surface area (Å²) in [6.45, 7) is 0.555. The van der Waals surface area contributed by atoms with E-state index in [0.29, 0.717) is 12.5 Å². The molecule has 3 heteroatoms. The average molecular weight is 207 g/mol. The highest BCUT2D eigenvalue weighted by Gasteiger charge is 2.43. The minimum Gasteiger partial charge on any atom is -0.272 e. The van der Waals surface area contributed by atoms with E-state index in [1.165, 1.54) is 19.3 Å². The summed E-state index contributed by atoms with van der Waals surface area (Å²) in [5.74, 6) is 1.10. The summed E-state index contributed by atoms with van der Waals surface area (Å²) in [6.07, 6.45) is 10.1. The van der Waals surface area contributed by atoms with Crippen LogP contribution in [0.15, 0.2) is 12.2 Å². The topological polar surface area (TPSA) is 29.5 Å². The van der Waals surface area contributed by atoms with E-state index in [9.17, 15) is 4.79 Å². The molecule has 0 radical (unpaired) electrons. The average Bonchev–Trinajstić information content (AvgIpc) is 2.30. The predicted octanol–water partition coefficient (Wildman–Crippen LogP) is 1.90. The molecule has 3 atom stereocenters. The van der Waals surface area contributed by atoms with E-state index in [1.54, 1.807) is 5.06 Å². The lowest BCUT2D eigenvalue weighted by atomic mass is 9.73. The Morgan fingerprint density at radius 1 is 1.33 bits per heavy atom. The summed E-state index contributed by atoms with van der Waals surface area (Å²) in [4.78, 5) is 17.6. The van der Waals surface area contributed by atoms with Crippen molar-refractivity contribution >= 4 is 5.91 Å². The predicted molar refractivity (Wildman–Crippen MR) is 55.8 cm³/mol. The lowest BCUT2D eigenvalue weighted by Crippen LogP contribution is -2.52. The summed E-state index contributed by atoms with van der Waals surface area (Å²) in [5, 5.41) is 1.63. The van der Waals surface area contributed by atoms with Crippen LogP contribution >= 0.6 is 0 Å². The van der Waals surface area contributed by atoms with E-state index in [-0.39, 0.29) is 17.9 Å². The number of carbonyl (C=O) groups is 1. The van der Waals surface area contributed by atoms with Gasteiger partial charge >= 0.3 is 0 Å². The fourth-order valence-electron chi connectivity index (χ4n) is 3.20. The molecule has 0 spiro atoms. The monoisotopic (exact) mass is 207 g/mol. The zero-order valence-electron chi connectivity index (χ0n) is 8.89. The summed E-state index contributed by atoms with van der Waals surface area (Å²) in [7, 11) is 0. The van der Waals surface area contributed by atoms with Crippen LogP contribution in [0.5, 0.6) is 0 Å². The molecule has 2 fully saturated rings. The van der Waals surface area contributed by atoms with E-state index < -0.39 is 0 Å². The molecule has 3 unspecified atom stereocenters. The molecule has 0 N–H and O–H groups in total. The third-order valence-electron chi connectivity index (χ3n) is 3.96. The van der Waals surface area contributed by atoms with Crippen molar-refractivity contribution < 1.29 is 9.63 Å². The van der Waals surface area contributed by atoms with Gasteiger partial charge in [0, 0.05) is 5.92 Å². The van der Waals surface area contributed by atoms with Crippen LogP contribution in [0.1, 0.15) is 32.1 Å². The number of hydrogen-bond acceptors (Lipinski definition) is 2. The van der Waals surface area contributed by atoms with Crippen LogP contribution in [0.25, 0.3) is 0 Å². The highest BCUT2D eigenvalue weighted by atomic mass is 16.7. The van der Waals surface area contributed by atoms with Crippen LogP contribution in [0.2, 0.25) is 0 Å². The molecule has 2 aliphatic heterocycles. The van der Waals surface area contributed by atoms with Crippen LogP contribution in [-0.2, 0) is 9.63 Å². The van der Waals surface area contributed by atoms with Gasteiger partial charge in [0.25, 0.3) is 0 Å². The van der Waals surface area contributed by atoms with Crippen LogP contribution in [0.3, 0.4) is 0 Å². The van der Waals surface area contributed by atoms with E-state index in [1.807, 2.05) is 6.08 Å². The molecule has 3 aliphatic rings. The highest BCUT2D eigenvalue weighted by molar-refractivity contribution is 5.79. The molecule has 82 valence electrons. The fraction of sp³-hybridized carbons (Fsp3) is 0.750. The van der Waals surface area contributed by atoms with Crippen molar-refractivity contribution in [2.45, 2.75) is 38.1 Å². The fourth-order valence-corrected chi connectivity index (χ4v) is 3.20. The third kappa shape index (κ3) is 1.49. The zero-order chi connectivity index (χ0) is 10.3. The Balaban J connectivity index is 1.84. The first kappa shape index (κ1) is 9.40. The minimum atomic E-state index is 0.214. The molecule has 0 aromatic heterocycles. The standard InChI is InChI=1S/C12H17NO2/c14-12-11-6-2-1-4-9(11)8-10-5-3-7-15-13(10)12/h3,5,9-11H,1-2,4,6-8H2. The van der Waals surface area contributed by atoms with Crippen LogP contribution in [0, 0.1) is 11.8 Å². The van der Waals surface area contributed by atoms with Crippen LogP contribution in [0.4, 0.5) is 0 Å². The van der Waals surface area contributed by atoms with Gasteiger partial charge in [-0.05, 0) is 25.2 Å². The quantitative estimate of drug-likeness (QED) is 0.568. The number of hydroxylamine groups is 2. The molecule has 3 nitrogen and oxygen atoms in total. The van der Waals surface area contributed by atoms with Gasteiger partial charge < -0.3 is 0 Å². The number of rotatable bonds is 0. The Kier molecular flexibility index (Phi) is 2.28. The molecular formula is C12H17NO2. The van der Waals surface area contributed by atoms with Crippen molar-refractivity contribution in [3.05, 3.63) is 12.2 Å². The van der Waals surface area contributed by atoms with Crippen molar-refractivity contribution in [2.75, 3.05) is 6.61 Å². The largest absolute Gasteiger partial charge is 0.272 e. The van der Waals surface area contributed by atoms with E-state index >= 15 is 0 Å².